The molecule has 120 valence electrons. The second-order valence-electron chi connectivity index (χ2n) is 5.00. The number of rotatable bonds is 4. The maximum absolute atomic E-state index is 12.0. The molecule has 2 amide bonds. The predicted molar refractivity (Wildman–Crippen MR) is 76.1 cm³/mol. The highest BCUT2D eigenvalue weighted by Crippen LogP contribution is 2.27. The summed E-state index contributed by atoms with van der Waals surface area (Å²) in [5, 5.41) is 2.53. The normalized spacial score (nSPS) is 28.3. The lowest BCUT2D eigenvalue weighted by molar-refractivity contribution is 0.0735. The van der Waals surface area contributed by atoms with Crippen molar-refractivity contribution in [1.29, 1.82) is 0 Å². The van der Waals surface area contributed by atoms with Crippen molar-refractivity contribution in [3.8, 4) is 0 Å². The first-order chi connectivity index (χ1) is 9.57. The van der Waals surface area contributed by atoms with Crippen molar-refractivity contribution in [1.82, 2.24) is 18.8 Å². The third kappa shape index (κ3) is 2.91. The number of nitrogens with zero attached hydrogens (tertiary/aromatic N) is 3. The summed E-state index contributed by atoms with van der Waals surface area (Å²) in [4.78, 5) is 13.3. The van der Waals surface area contributed by atoms with Gasteiger partial charge in [0.2, 0.25) is 20.0 Å². The first-order valence-electron chi connectivity index (χ1n) is 6.19. The number of urea groups is 1. The lowest BCUT2D eigenvalue weighted by Gasteiger charge is -2.42. The van der Waals surface area contributed by atoms with E-state index in [4.69, 9.17) is 0 Å². The number of carbonyl (C=O) groups is 1. The van der Waals surface area contributed by atoms with Gasteiger partial charge in [0.25, 0.3) is 0 Å². The zero-order chi connectivity index (χ0) is 16.0. The third-order valence-corrected chi connectivity index (χ3v) is 5.97. The van der Waals surface area contributed by atoms with E-state index < -0.39 is 38.4 Å². The molecule has 0 aliphatic carbocycles. The Balaban J connectivity index is 2.47. The van der Waals surface area contributed by atoms with Gasteiger partial charge in [-0.1, -0.05) is 6.08 Å². The Kier molecular flexibility index (Phi) is 4.04. The van der Waals surface area contributed by atoms with Crippen LogP contribution in [0.3, 0.4) is 0 Å². The number of piperazine rings is 1. The average Bonchev–Trinajstić information content (AvgIpc) is 2.63. The molecule has 2 saturated heterocycles. The van der Waals surface area contributed by atoms with Gasteiger partial charge in [0.15, 0.2) is 0 Å². The molecule has 9 nitrogen and oxygen atoms in total. The number of amides is 2. The van der Waals surface area contributed by atoms with E-state index in [1.54, 1.807) is 0 Å². The molecule has 0 bridgehead atoms. The second kappa shape index (κ2) is 5.23. The van der Waals surface area contributed by atoms with E-state index in [2.05, 4.69) is 11.9 Å². The number of hydrogen-bond acceptors (Lipinski definition) is 5. The van der Waals surface area contributed by atoms with Crippen LogP contribution in [-0.2, 0) is 20.0 Å². The van der Waals surface area contributed by atoms with Crippen LogP contribution in [0.4, 0.5) is 4.79 Å². The van der Waals surface area contributed by atoms with Gasteiger partial charge in [-0.25, -0.2) is 21.6 Å². The number of carbonyl (C=O) groups excluding carboxylic acids is 1. The Morgan fingerprint density at radius 1 is 1.19 bits per heavy atom. The molecule has 0 aromatic heterocycles. The van der Waals surface area contributed by atoms with Crippen LogP contribution in [0, 0.1) is 0 Å². The van der Waals surface area contributed by atoms with E-state index in [0.717, 1.165) is 21.1 Å². The molecule has 0 aromatic carbocycles. The zero-order valence-corrected chi connectivity index (χ0v) is 13.4. The average molecular weight is 338 g/mol. The van der Waals surface area contributed by atoms with Crippen LogP contribution in [0.5, 0.6) is 0 Å². The van der Waals surface area contributed by atoms with Gasteiger partial charge in [-0.2, -0.15) is 8.61 Å². The molecule has 2 aliphatic rings. The van der Waals surface area contributed by atoms with Crippen LogP contribution in [-0.4, -0.2) is 80.9 Å². The lowest BCUT2D eigenvalue weighted by Crippen LogP contribution is -2.65. The summed E-state index contributed by atoms with van der Waals surface area (Å²) in [6.45, 7) is 3.64. The number of sulfonamides is 2. The van der Waals surface area contributed by atoms with E-state index in [1.165, 1.54) is 11.0 Å². The topological polar surface area (TPSA) is 107 Å². The van der Waals surface area contributed by atoms with Gasteiger partial charge in [0.1, 0.15) is 12.3 Å². The standard InChI is InChI=1S/C10H18N4O5S2/c1-4-5-12-9-8(11-10(12)15)13(20(2,16)17)6-7-14(9)21(3,18)19/h4,8-9H,1,5-7H2,2-3H3,(H,11,15). The maximum atomic E-state index is 12.0. The fourth-order valence-corrected chi connectivity index (χ4v) is 4.66. The van der Waals surface area contributed by atoms with Crippen molar-refractivity contribution in [3.05, 3.63) is 12.7 Å². The maximum Gasteiger partial charge on any atom is 0.320 e. The first-order valence-corrected chi connectivity index (χ1v) is 9.88. The minimum Gasteiger partial charge on any atom is -0.318 e. The fraction of sp³-hybridized carbons (Fsp3) is 0.700. The summed E-state index contributed by atoms with van der Waals surface area (Å²) in [5.74, 6) is 0. The molecule has 0 saturated carbocycles. The summed E-state index contributed by atoms with van der Waals surface area (Å²) >= 11 is 0. The molecule has 11 heteroatoms. The fourth-order valence-electron chi connectivity index (χ4n) is 2.64. The Labute approximate surface area is 124 Å². The minimum absolute atomic E-state index is 0.00429. The molecule has 2 unspecified atom stereocenters. The monoisotopic (exact) mass is 338 g/mol. The van der Waals surface area contributed by atoms with Crippen molar-refractivity contribution < 1.29 is 21.6 Å². The van der Waals surface area contributed by atoms with Crippen LogP contribution < -0.4 is 5.32 Å². The summed E-state index contributed by atoms with van der Waals surface area (Å²) in [7, 11) is -7.15. The summed E-state index contributed by atoms with van der Waals surface area (Å²) in [6.07, 6.45) is 1.68. The first kappa shape index (κ1) is 16.2. The molecule has 0 spiro atoms. The largest absolute Gasteiger partial charge is 0.320 e. The smallest absolute Gasteiger partial charge is 0.318 e. The molecule has 0 radical (unpaired) electrons. The van der Waals surface area contributed by atoms with Gasteiger partial charge in [0.05, 0.1) is 12.5 Å². The molecular formula is C10H18N4O5S2. The zero-order valence-electron chi connectivity index (χ0n) is 11.8. The van der Waals surface area contributed by atoms with E-state index in [1.807, 2.05) is 0 Å². The van der Waals surface area contributed by atoms with Crippen LogP contribution in [0.2, 0.25) is 0 Å². The quantitative estimate of drug-likeness (QED) is 0.621. The van der Waals surface area contributed by atoms with Gasteiger partial charge >= 0.3 is 6.03 Å². The predicted octanol–water partition coefficient (Wildman–Crippen LogP) is -1.61. The Hall–Kier alpha value is -1.17. The SMILES string of the molecule is C=CCN1C(=O)NC2C1N(S(C)(=O)=O)CCN2S(C)(=O)=O. The molecule has 2 rings (SSSR count). The molecule has 2 aliphatic heterocycles. The second-order valence-corrected chi connectivity index (χ2v) is 8.87. The lowest BCUT2D eigenvalue weighted by atomic mass is 10.3. The van der Waals surface area contributed by atoms with Crippen molar-refractivity contribution in [3.63, 3.8) is 0 Å². The molecule has 2 fully saturated rings. The molecule has 21 heavy (non-hydrogen) atoms. The highest BCUT2D eigenvalue weighted by Gasteiger charge is 2.52. The van der Waals surface area contributed by atoms with Crippen LogP contribution in [0.25, 0.3) is 0 Å². The summed E-state index contributed by atoms with van der Waals surface area (Å²) in [5.41, 5.74) is 0. The van der Waals surface area contributed by atoms with Gasteiger partial charge in [-0.05, 0) is 0 Å². The molecule has 2 atom stereocenters. The van der Waals surface area contributed by atoms with E-state index in [9.17, 15) is 21.6 Å². The van der Waals surface area contributed by atoms with E-state index in [-0.39, 0.29) is 19.6 Å². The number of fused-ring (bicyclic) bond motifs is 1. The highest BCUT2D eigenvalue weighted by molar-refractivity contribution is 7.88. The summed E-state index contributed by atoms with van der Waals surface area (Å²) < 4.78 is 49.7. The van der Waals surface area contributed by atoms with Gasteiger partial charge < -0.3 is 10.2 Å². The van der Waals surface area contributed by atoms with Crippen LogP contribution >= 0.6 is 0 Å². The number of nitrogens with one attached hydrogen (secondary N) is 1. The highest BCUT2D eigenvalue weighted by atomic mass is 32.2. The van der Waals surface area contributed by atoms with Crippen molar-refractivity contribution in [2.24, 2.45) is 0 Å². The summed E-state index contributed by atoms with van der Waals surface area (Å²) in [6, 6.07) is -0.519. The van der Waals surface area contributed by atoms with E-state index >= 15 is 0 Å². The van der Waals surface area contributed by atoms with Crippen molar-refractivity contribution >= 4 is 26.1 Å². The van der Waals surface area contributed by atoms with Gasteiger partial charge in [0, 0.05) is 19.6 Å². The minimum atomic E-state index is -3.58. The molecular weight excluding hydrogens is 320 g/mol. The van der Waals surface area contributed by atoms with Crippen molar-refractivity contribution in [2.75, 3.05) is 32.1 Å². The van der Waals surface area contributed by atoms with E-state index in [0.29, 0.717) is 0 Å². The third-order valence-electron chi connectivity index (χ3n) is 3.46. The Morgan fingerprint density at radius 2 is 1.71 bits per heavy atom. The molecule has 0 aromatic rings. The molecule has 1 N–H and O–H groups in total. The Morgan fingerprint density at radius 3 is 2.19 bits per heavy atom. The molecule has 2 heterocycles. The van der Waals surface area contributed by atoms with Crippen LogP contribution in [0.1, 0.15) is 0 Å². The number of hydrogen-bond donors (Lipinski definition) is 1. The van der Waals surface area contributed by atoms with Gasteiger partial charge in [-0.3, -0.25) is 0 Å². The van der Waals surface area contributed by atoms with Crippen molar-refractivity contribution in [2.45, 2.75) is 12.3 Å². The Bertz CT molecular complexity index is 659. The van der Waals surface area contributed by atoms with Gasteiger partial charge in [-0.15, -0.1) is 6.58 Å². The van der Waals surface area contributed by atoms with Crippen LogP contribution in [0.15, 0.2) is 12.7 Å².